The first kappa shape index (κ1) is 35.2. The number of aliphatic hydroxyl groups excluding tert-OH is 1. The fraction of sp³-hybridized carbons (Fsp3) is 0.636. The van der Waals surface area contributed by atoms with E-state index in [1.807, 2.05) is 43.6 Å². The number of piperidine rings is 1. The third-order valence-corrected chi connectivity index (χ3v) is 7.69. The molecular weight excluding hydrogens is 590 g/mol. The Kier molecular flexibility index (Phi) is 13.2. The second-order valence-corrected chi connectivity index (χ2v) is 12.4. The summed E-state index contributed by atoms with van der Waals surface area (Å²) in [7, 11) is 1.69. The number of rotatable bonds is 17. The Labute approximate surface area is 272 Å². The van der Waals surface area contributed by atoms with Crippen LogP contribution in [0.5, 0.6) is 5.88 Å². The topological polar surface area (TPSA) is 136 Å². The molecule has 1 aliphatic heterocycles. The van der Waals surface area contributed by atoms with Crippen molar-refractivity contribution >= 4 is 23.4 Å². The lowest BCUT2D eigenvalue weighted by Crippen LogP contribution is -2.40. The second kappa shape index (κ2) is 17.3. The number of amides is 1. The van der Waals surface area contributed by atoms with E-state index < -0.39 is 5.60 Å². The van der Waals surface area contributed by atoms with E-state index >= 15 is 0 Å². The molecule has 0 aliphatic carbocycles. The minimum Gasteiger partial charge on any atom is -0.475 e. The molecule has 4 rings (SSSR count). The van der Waals surface area contributed by atoms with Crippen molar-refractivity contribution in [3.05, 3.63) is 41.7 Å². The van der Waals surface area contributed by atoms with Gasteiger partial charge in [0.1, 0.15) is 23.8 Å². The van der Waals surface area contributed by atoms with E-state index in [9.17, 15) is 9.90 Å². The molecule has 254 valence electrons. The molecule has 0 aromatic carbocycles. The third-order valence-electron chi connectivity index (χ3n) is 7.69. The molecule has 0 bridgehead atoms. The van der Waals surface area contributed by atoms with Crippen molar-refractivity contribution in [2.75, 3.05) is 70.0 Å². The molecule has 46 heavy (non-hydrogen) atoms. The average Bonchev–Trinajstić information content (AvgIpc) is 3.46. The molecule has 2 N–H and O–H groups in total. The highest BCUT2D eigenvalue weighted by Gasteiger charge is 2.25. The number of hydrogen-bond donors (Lipinski definition) is 2. The number of carbonyl (C=O) groups is 1. The van der Waals surface area contributed by atoms with Crippen molar-refractivity contribution in [2.24, 2.45) is 0 Å². The zero-order valence-corrected chi connectivity index (χ0v) is 28.0. The van der Waals surface area contributed by atoms with Crippen LogP contribution in [-0.2, 0) is 27.2 Å². The van der Waals surface area contributed by atoms with Gasteiger partial charge in [-0.2, -0.15) is 9.61 Å². The molecule has 1 atom stereocenters. The maximum atomic E-state index is 12.0. The number of carbonyl (C=O) groups excluding carboxylic acids is 1. The predicted octanol–water partition coefficient (Wildman–Crippen LogP) is 4.32. The van der Waals surface area contributed by atoms with Crippen molar-refractivity contribution < 1.29 is 28.8 Å². The second-order valence-electron chi connectivity index (χ2n) is 12.4. The Bertz CT molecular complexity index is 1360. The summed E-state index contributed by atoms with van der Waals surface area (Å²) < 4.78 is 24.0. The van der Waals surface area contributed by atoms with Gasteiger partial charge in [-0.05, 0) is 58.4 Å². The highest BCUT2D eigenvalue weighted by molar-refractivity contribution is 5.67. The Balaban J connectivity index is 1.19. The summed E-state index contributed by atoms with van der Waals surface area (Å²) in [6, 6.07) is 6.19. The van der Waals surface area contributed by atoms with Crippen molar-refractivity contribution in [2.45, 2.75) is 78.0 Å². The molecule has 13 heteroatoms. The normalized spacial score (nSPS) is 15.3. The van der Waals surface area contributed by atoms with Gasteiger partial charge < -0.3 is 39.2 Å². The zero-order chi connectivity index (χ0) is 32.9. The molecule has 1 fully saturated rings. The summed E-state index contributed by atoms with van der Waals surface area (Å²) in [6.07, 6.45) is 8.26. The van der Waals surface area contributed by atoms with Gasteiger partial charge in [0.15, 0.2) is 5.65 Å². The van der Waals surface area contributed by atoms with Crippen LogP contribution in [0.4, 0.5) is 16.4 Å². The molecule has 3 aromatic rings. The number of nitrogens with one attached hydrogen (secondary N) is 1. The van der Waals surface area contributed by atoms with Gasteiger partial charge in [0.05, 0.1) is 32.6 Å². The van der Waals surface area contributed by atoms with Crippen molar-refractivity contribution in [3.8, 4) is 5.88 Å². The van der Waals surface area contributed by atoms with Gasteiger partial charge in [-0.1, -0.05) is 13.0 Å². The van der Waals surface area contributed by atoms with Crippen LogP contribution in [-0.4, -0.2) is 107 Å². The van der Waals surface area contributed by atoms with Crippen LogP contribution in [0.1, 0.15) is 64.5 Å². The maximum Gasteiger partial charge on any atom is 0.410 e. The molecule has 0 radical (unpaired) electrons. The van der Waals surface area contributed by atoms with Crippen LogP contribution in [0.2, 0.25) is 0 Å². The van der Waals surface area contributed by atoms with E-state index in [2.05, 4.69) is 33.3 Å². The summed E-state index contributed by atoms with van der Waals surface area (Å²) in [4.78, 5) is 25.3. The van der Waals surface area contributed by atoms with Crippen molar-refractivity contribution in [1.29, 1.82) is 0 Å². The summed E-state index contributed by atoms with van der Waals surface area (Å²) in [5.74, 6) is 2.32. The van der Waals surface area contributed by atoms with Crippen LogP contribution in [0.15, 0.2) is 30.6 Å². The first-order valence-electron chi connectivity index (χ1n) is 16.3. The number of nitrogens with zero attached hydrogens (tertiary/aromatic N) is 6. The van der Waals surface area contributed by atoms with Gasteiger partial charge in [-0.3, -0.25) is 0 Å². The quantitative estimate of drug-likeness (QED) is 0.204. The van der Waals surface area contributed by atoms with Gasteiger partial charge in [0, 0.05) is 63.2 Å². The number of pyridine rings is 1. The lowest BCUT2D eigenvalue weighted by atomic mass is 9.99. The molecule has 0 unspecified atom stereocenters. The lowest BCUT2D eigenvalue weighted by molar-refractivity contribution is 0.0133. The number of ether oxygens (including phenoxy) is 4. The monoisotopic (exact) mass is 641 g/mol. The number of aliphatic hydroxyl groups is 1. The van der Waals surface area contributed by atoms with Gasteiger partial charge in [-0.15, -0.1) is 0 Å². The molecule has 1 saturated heterocycles. The van der Waals surface area contributed by atoms with Crippen LogP contribution in [0.3, 0.4) is 0 Å². The molecule has 0 saturated carbocycles. The standard InChI is InChI=1S/C33H51N7O6/c1-6-26-24-36-40-28(21-29(37-31(26)40)39-13-8-7-9-27(39)12-15-41)34-22-25-10-11-30(35-23-25)45-20-19-44-18-17-43-16-14-38(5)32(42)46-33(2,3)4/h10-11,21,23-24,27,34,41H,6-9,12-20,22H2,1-5H3/t27-/m0/s1. The minimum atomic E-state index is -0.519. The summed E-state index contributed by atoms with van der Waals surface area (Å²) in [6.45, 7) is 11.8. The molecule has 1 amide bonds. The number of anilines is 2. The molecule has 13 nitrogen and oxygen atoms in total. The van der Waals surface area contributed by atoms with Gasteiger partial charge in [-0.25, -0.2) is 14.8 Å². The minimum absolute atomic E-state index is 0.175. The smallest absolute Gasteiger partial charge is 0.410 e. The Morgan fingerprint density at radius 2 is 1.89 bits per heavy atom. The van der Waals surface area contributed by atoms with Crippen molar-refractivity contribution in [1.82, 2.24) is 24.5 Å². The molecule has 0 spiro atoms. The van der Waals surface area contributed by atoms with Crippen LogP contribution in [0.25, 0.3) is 5.65 Å². The Morgan fingerprint density at radius 1 is 1.11 bits per heavy atom. The molecule has 3 aromatic heterocycles. The average molecular weight is 642 g/mol. The Morgan fingerprint density at radius 3 is 2.61 bits per heavy atom. The third kappa shape index (κ3) is 10.4. The summed E-state index contributed by atoms with van der Waals surface area (Å²) >= 11 is 0. The van der Waals surface area contributed by atoms with E-state index in [-0.39, 0.29) is 18.7 Å². The fourth-order valence-corrected chi connectivity index (χ4v) is 5.22. The molecular formula is C33H51N7O6. The van der Waals surface area contributed by atoms with E-state index in [1.165, 1.54) is 11.3 Å². The molecule has 1 aliphatic rings. The summed E-state index contributed by atoms with van der Waals surface area (Å²) in [5.41, 5.74) is 2.44. The van der Waals surface area contributed by atoms with E-state index in [1.54, 1.807) is 13.2 Å². The van der Waals surface area contributed by atoms with Crippen LogP contribution < -0.4 is 15.0 Å². The van der Waals surface area contributed by atoms with Crippen LogP contribution >= 0.6 is 0 Å². The number of aryl methyl sites for hydroxylation is 1. The van der Waals surface area contributed by atoms with Crippen LogP contribution in [0, 0.1) is 0 Å². The zero-order valence-electron chi connectivity index (χ0n) is 28.0. The lowest BCUT2D eigenvalue weighted by Gasteiger charge is -2.36. The van der Waals surface area contributed by atoms with E-state index in [4.69, 9.17) is 23.9 Å². The number of fused-ring (bicyclic) bond motifs is 1. The first-order valence-corrected chi connectivity index (χ1v) is 16.3. The number of hydrogen-bond acceptors (Lipinski definition) is 11. The van der Waals surface area contributed by atoms with Gasteiger partial charge in [0.25, 0.3) is 0 Å². The van der Waals surface area contributed by atoms with Gasteiger partial charge >= 0.3 is 6.09 Å². The molecule has 4 heterocycles. The number of aromatic nitrogens is 4. The largest absolute Gasteiger partial charge is 0.475 e. The first-order chi connectivity index (χ1) is 22.2. The number of likely N-dealkylation sites (N-methyl/N-ethyl adjacent to an activating group) is 1. The highest BCUT2D eigenvalue weighted by Crippen LogP contribution is 2.29. The SMILES string of the molecule is CCc1cnn2c(NCc3ccc(OCCOCCOCCN(C)C(=O)OC(C)(C)C)nc3)cc(N3CCCC[C@H]3CCO)nc12. The predicted molar refractivity (Wildman–Crippen MR) is 177 cm³/mol. The highest BCUT2D eigenvalue weighted by atomic mass is 16.6. The van der Waals surface area contributed by atoms with E-state index in [0.29, 0.717) is 52.0 Å². The summed E-state index contributed by atoms with van der Waals surface area (Å²) in [5, 5.41) is 17.8. The van der Waals surface area contributed by atoms with Crippen molar-refractivity contribution in [3.63, 3.8) is 0 Å². The maximum absolute atomic E-state index is 12.0. The fourth-order valence-electron chi connectivity index (χ4n) is 5.22. The Hall–Kier alpha value is -3.68. The van der Waals surface area contributed by atoms with Gasteiger partial charge in [0.2, 0.25) is 5.88 Å². The van der Waals surface area contributed by atoms with E-state index in [0.717, 1.165) is 60.6 Å².